The molecule has 0 spiro atoms. The van der Waals surface area contributed by atoms with Crippen molar-refractivity contribution in [2.75, 3.05) is 26.7 Å². The molecule has 1 aliphatic heterocycles. The van der Waals surface area contributed by atoms with E-state index >= 15 is 0 Å². The van der Waals surface area contributed by atoms with Gasteiger partial charge >= 0.3 is 0 Å². The zero-order valence-electron chi connectivity index (χ0n) is 12.3. The molecule has 2 rings (SSSR count). The van der Waals surface area contributed by atoms with Crippen molar-refractivity contribution >= 4 is 38.6 Å². The van der Waals surface area contributed by atoms with Crippen LogP contribution in [-0.4, -0.2) is 55.3 Å². The number of sulfonamides is 1. The molecular formula is C13H21N3O2S3. The first-order chi connectivity index (χ1) is 9.86. The molecule has 0 saturated carbocycles. The number of nitrogens with two attached hydrogens (primary N) is 1. The molecule has 1 saturated heterocycles. The third kappa shape index (κ3) is 3.62. The Morgan fingerprint density at radius 2 is 2.19 bits per heavy atom. The lowest BCUT2D eigenvalue weighted by Crippen LogP contribution is -2.43. The lowest BCUT2D eigenvalue weighted by molar-refractivity contribution is 0.270. The van der Waals surface area contributed by atoms with Crippen molar-refractivity contribution in [2.24, 2.45) is 5.73 Å². The van der Waals surface area contributed by atoms with E-state index in [9.17, 15) is 8.42 Å². The van der Waals surface area contributed by atoms with Crippen LogP contribution in [0.3, 0.4) is 0 Å². The fourth-order valence-electron chi connectivity index (χ4n) is 2.58. The van der Waals surface area contributed by atoms with E-state index in [1.165, 1.54) is 0 Å². The number of rotatable bonds is 4. The maximum Gasteiger partial charge on any atom is 0.252 e. The fourth-order valence-corrected chi connectivity index (χ4v) is 5.79. The SMILES string of the molecule is CCC1CN(C)CCCN1S(=O)(=O)c1ccc(C(N)=S)s1. The van der Waals surface area contributed by atoms with Gasteiger partial charge in [-0.15, -0.1) is 11.3 Å². The van der Waals surface area contributed by atoms with Crippen molar-refractivity contribution in [3.05, 3.63) is 17.0 Å². The van der Waals surface area contributed by atoms with Gasteiger partial charge in [0, 0.05) is 19.1 Å². The highest BCUT2D eigenvalue weighted by Crippen LogP contribution is 2.28. The summed E-state index contributed by atoms with van der Waals surface area (Å²) in [6, 6.07) is 3.30. The van der Waals surface area contributed by atoms with Crippen LogP contribution in [0.4, 0.5) is 0 Å². The summed E-state index contributed by atoms with van der Waals surface area (Å²) in [7, 11) is -1.44. The number of likely N-dealkylation sites (N-methyl/N-ethyl adjacent to an activating group) is 1. The van der Waals surface area contributed by atoms with Gasteiger partial charge in [-0.25, -0.2) is 8.42 Å². The zero-order chi connectivity index (χ0) is 15.6. The third-order valence-electron chi connectivity index (χ3n) is 3.71. The van der Waals surface area contributed by atoms with Crippen LogP contribution >= 0.6 is 23.6 Å². The highest BCUT2D eigenvalue weighted by atomic mass is 32.2. The van der Waals surface area contributed by atoms with Gasteiger partial charge in [0.25, 0.3) is 10.0 Å². The minimum atomic E-state index is -3.47. The Bertz CT molecular complexity index is 612. The normalized spacial score (nSPS) is 22.1. The van der Waals surface area contributed by atoms with Crippen molar-refractivity contribution in [1.82, 2.24) is 9.21 Å². The summed E-state index contributed by atoms with van der Waals surface area (Å²) < 4.78 is 27.7. The number of thiocarbonyl (C=S) groups is 1. The second kappa shape index (κ2) is 6.70. The Morgan fingerprint density at radius 1 is 1.48 bits per heavy atom. The molecule has 8 heteroatoms. The van der Waals surface area contributed by atoms with Gasteiger partial charge in [0.1, 0.15) is 9.20 Å². The molecule has 1 aromatic heterocycles. The Labute approximate surface area is 135 Å². The van der Waals surface area contributed by atoms with Gasteiger partial charge < -0.3 is 10.6 Å². The van der Waals surface area contributed by atoms with Gasteiger partial charge in [0.2, 0.25) is 0 Å². The molecule has 0 bridgehead atoms. The van der Waals surface area contributed by atoms with E-state index in [-0.39, 0.29) is 11.0 Å². The van der Waals surface area contributed by atoms with E-state index in [1.807, 2.05) is 14.0 Å². The van der Waals surface area contributed by atoms with E-state index in [0.717, 1.165) is 37.3 Å². The topological polar surface area (TPSA) is 66.6 Å². The first kappa shape index (κ1) is 16.8. The van der Waals surface area contributed by atoms with Gasteiger partial charge in [0.05, 0.1) is 4.88 Å². The third-order valence-corrected chi connectivity index (χ3v) is 7.59. The molecule has 0 radical (unpaired) electrons. The van der Waals surface area contributed by atoms with Crippen molar-refractivity contribution in [2.45, 2.75) is 30.0 Å². The van der Waals surface area contributed by atoms with Gasteiger partial charge in [-0.3, -0.25) is 0 Å². The molecule has 1 atom stereocenters. The van der Waals surface area contributed by atoms with Gasteiger partial charge in [-0.2, -0.15) is 4.31 Å². The molecule has 5 nitrogen and oxygen atoms in total. The first-order valence-electron chi connectivity index (χ1n) is 6.96. The molecule has 1 aliphatic rings. The lowest BCUT2D eigenvalue weighted by atomic mass is 10.2. The monoisotopic (exact) mass is 347 g/mol. The lowest BCUT2D eigenvalue weighted by Gasteiger charge is -2.28. The van der Waals surface area contributed by atoms with E-state index in [4.69, 9.17) is 18.0 Å². The van der Waals surface area contributed by atoms with Crippen LogP contribution < -0.4 is 5.73 Å². The molecule has 2 heterocycles. The Morgan fingerprint density at radius 3 is 2.76 bits per heavy atom. The van der Waals surface area contributed by atoms with Crippen LogP contribution in [0.5, 0.6) is 0 Å². The number of thiophene rings is 1. The maximum absolute atomic E-state index is 12.9. The maximum atomic E-state index is 12.9. The van der Waals surface area contributed by atoms with Crippen molar-refractivity contribution in [1.29, 1.82) is 0 Å². The zero-order valence-corrected chi connectivity index (χ0v) is 14.7. The van der Waals surface area contributed by atoms with Crippen molar-refractivity contribution < 1.29 is 8.42 Å². The van der Waals surface area contributed by atoms with Crippen LogP contribution in [-0.2, 0) is 10.0 Å². The minimum Gasteiger partial charge on any atom is -0.389 e. The molecule has 0 aromatic carbocycles. The molecular weight excluding hydrogens is 326 g/mol. The molecule has 118 valence electrons. The Kier molecular flexibility index (Phi) is 5.37. The van der Waals surface area contributed by atoms with E-state index in [1.54, 1.807) is 16.4 Å². The summed E-state index contributed by atoms with van der Waals surface area (Å²) in [5, 5.41) is 0. The second-order valence-electron chi connectivity index (χ2n) is 5.28. The van der Waals surface area contributed by atoms with Crippen LogP contribution in [0.15, 0.2) is 16.3 Å². The summed E-state index contributed by atoms with van der Waals surface area (Å²) in [5.74, 6) is 0. The molecule has 2 N–H and O–H groups in total. The molecule has 21 heavy (non-hydrogen) atoms. The highest BCUT2D eigenvalue weighted by molar-refractivity contribution is 7.91. The Balaban J connectivity index is 2.33. The van der Waals surface area contributed by atoms with Crippen LogP contribution in [0, 0.1) is 0 Å². The predicted octanol–water partition coefficient (Wildman–Crippen LogP) is 1.49. The predicted molar refractivity (Wildman–Crippen MR) is 90.3 cm³/mol. The first-order valence-corrected chi connectivity index (χ1v) is 9.62. The quantitative estimate of drug-likeness (QED) is 0.836. The summed E-state index contributed by atoms with van der Waals surface area (Å²) in [4.78, 5) is 3.08. The standard InChI is InChI=1S/C13H21N3O2S3/c1-3-10-9-15(2)7-4-8-16(10)21(17,18)12-6-5-11(20-12)13(14)19/h5-6,10H,3-4,7-9H2,1-2H3,(H2,14,19). The van der Waals surface area contributed by atoms with E-state index in [2.05, 4.69) is 4.90 Å². The van der Waals surface area contributed by atoms with E-state index in [0.29, 0.717) is 15.6 Å². The van der Waals surface area contributed by atoms with Crippen LogP contribution in [0.2, 0.25) is 0 Å². The average Bonchev–Trinajstić information content (AvgIpc) is 2.84. The fraction of sp³-hybridized carbons (Fsp3) is 0.615. The summed E-state index contributed by atoms with van der Waals surface area (Å²) in [6.45, 7) is 4.28. The minimum absolute atomic E-state index is 0.0119. The van der Waals surface area contributed by atoms with Gasteiger partial charge in [-0.05, 0) is 38.6 Å². The van der Waals surface area contributed by atoms with Gasteiger partial charge in [-0.1, -0.05) is 19.1 Å². The highest BCUT2D eigenvalue weighted by Gasteiger charge is 2.33. The number of hydrogen-bond donors (Lipinski definition) is 1. The summed E-state index contributed by atoms with van der Waals surface area (Å²) >= 11 is 6.06. The number of hydrogen-bond acceptors (Lipinski definition) is 5. The van der Waals surface area contributed by atoms with Crippen LogP contribution in [0.25, 0.3) is 0 Å². The molecule has 1 fully saturated rings. The van der Waals surface area contributed by atoms with Gasteiger partial charge in [0.15, 0.2) is 0 Å². The summed E-state index contributed by atoms with van der Waals surface area (Å²) in [6.07, 6.45) is 1.65. The molecule has 0 amide bonds. The summed E-state index contributed by atoms with van der Waals surface area (Å²) in [5.41, 5.74) is 5.57. The second-order valence-corrected chi connectivity index (χ2v) is 8.92. The van der Waals surface area contributed by atoms with E-state index < -0.39 is 10.0 Å². The number of nitrogens with zero attached hydrogens (tertiary/aromatic N) is 2. The Hall–Kier alpha value is -0.540. The van der Waals surface area contributed by atoms with Crippen LogP contribution in [0.1, 0.15) is 24.6 Å². The smallest absolute Gasteiger partial charge is 0.252 e. The molecule has 1 unspecified atom stereocenters. The largest absolute Gasteiger partial charge is 0.389 e. The van der Waals surface area contributed by atoms with Crippen molar-refractivity contribution in [3.63, 3.8) is 0 Å². The molecule has 0 aliphatic carbocycles. The van der Waals surface area contributed by atoms with Crippen molar-refractivity contribution in [3.8, 4) is 0 Å². The molecule has 1 aromatic rings. The average molecular weight is 348 g/mol.